The minimum Gasteiger partial charge on any atom is -0.452 e. The number of thiazole rings is 1. The zero-order valence-electron chi connectivity index (χ0n) is 15.3. The third kappa shape index (κ3) is 4.46. The molecule has 3 aromatic rings. The normalized spacial score (nSPS) is 17.9. The molecule has 4 rings (SSSR count). The number of hydrogen-bond acceptors (Lipinski definition) is 7. The topological polar surface area (TPSA) is 102 Å². The largest absolute Gasteiger partial charge is 0.452 e. The van der Waals surface area contributed by atoms with Gasteiger partial charge in [-0.3, -0.25) is 4.79 Å². The van der Waals surface area contributed by atoms with Gasteiger partial charge in [-0.25, -0.2) is 18.2 Å². The second-order valence-corrected chi connectivity index (χ2v) is 10.0. The van der Waals surface area contributed by atoms with Gasteiger partial charge in [0.25, 0.3) is 5.91 Å². The molecule has 0 spiro atoms. The average molecular weight is 431 g/mol. The van der Waals surface area contributed by atoms with E-state index in [0.717, 1.165) is 10.2 Å². The van der Waals surface area contributed by atoms with Gasteiger partial charge in [-0.1, -0.05) is 30.3 Å². The number of fused-ring (bicyclic) bond motifs is 1. The van der Waals surface area contributed by atoms with E-state index in [-0.39, 0.29) is 11.5 Å². The van der Waals surface area contributed by atoms with Crippen molar-refractivity contribution in [3.63, 3.8) is 0 Å². The molecular formula is C20H18N2O5S2. The highest BCUT2D eigenvalue weighted by molar-refractivity contribution is 7.91. The lowest BCUT2D eigenvalue weighted by atomic mass is 10.1. The summed E-state index contributed by atoms with van der Waals surface area (Å²) in [7, 11) is -3.09. The molecule has 29 heavy (non-hydrogen) atoms. The molecule has 150 valence electrons. The second kappa shape index (κ2) is 7.92. The summed E-state index contributed by atoms with van der Waals surface area (Å²) in [6, 6.07) is 14.2. The molecular weight excluding hydrogens is 412 g/mol. The molecule has 1 aliphatic heterocycles. The van der Waals surface area contributed by atoms with Crippen LogP contribution in [0.2, 0.25) is 0 Å². The van der Waals surface area contributed by atoms with Gasteiger partial charge in [0, 0.05) is 11.6 Å². The maximum atomic E-state index is 12.6. The molecule has 1 aliphatic rings. The van der Waals surface area contributed by atoms with Crippen LogP contribution in [0.3, 0.4) is 0 Å². The van der Waals surface area contributed by atoms with E-state index in [0.29, 0.717) is 22.6 Å². The molecule has 0 saturated carbocycles. The van der Waals surface area contributed by atoms with Crippen LogP contribution < -0.4 is 5.32 Å². The van der Waals surface area contributed by atoms with E-state index >= 15 is 0 Å². The molecule has 0 unspecified atom stereocenters. The Balaban J connectivity index is 1.45. The van der Waals surface area contributed by atoms with Crippen LogP contribution in [0, 0.1) is 0 Å². The van der Waals surface area contributed by atoms with Crippen molar-refractivity contribution < 1.29 is 22.7 Å². The summed E-state index contributed by atoms with van der Waals surface area (Å²) in [6.45, 7) is -0.469. The van der Waals surface area contributed by atoms with Crippen LogP contribution in [0.4, 0.5) is 0 Å². The lowest BCUT2D eigenvalue weighted by molar-refractivity contribution is -0.124. The van der Waals surface area contributed by atoms with Crippen LogP contribution in [0.15, 0.2) is 48.5 Å². The van der Waals surface area contributed by atoms with Crippen molar-refractivity contribution in [2.75, 3.05) is 18.1 Å². The number of benzene rings is 2. The van der Waals surface area contributed by atoms with Gasteiger partial charge in [0.15, 0.2) is 16.4 Å². The van der Waals surface area contributed by atoms with Crippen LogP contribution in [0.25, 0.3) is 20.8 Å². The first-order valence-corrected chi connectivity index (χ1v) is 11.7. The summed E-state index contributed by atoms with van der Waals surface area (Å²) in [4.78, 5) is 29.2. The molecule has 9 heteroatoms. The van der Waals surface area contributed by atoms with Crippen molar-refractivity contribution in [2.24, 2.45) is 0 Å². The maximum absolute atomic E-state index is 12.6. The number of ether oxygens (including phenoxy) is 1. The smallest absolute Gasteiger partial charge is 0.339 e. The summed E-state index contributed by atoms with van der Waals surface area (Å²) < 4.78 is 29.1. The number of carbonyl (C=O) groups excluding carboxylic acids is 2. The Bertz CT molecular complexity index is 1150. The Hall–Kier alpha value is -2.78. The summed E-state index contributed by atoms with van der Waals surface area (Å²) in [6.07, 6.45) is 0.377. The van der Waals surface area contributed by atoms with Gasteiger partial charge >= 0.3 is 5.97 Å². The van der Waals surface area contributed by atoms with E-state index in [2.05, 4.69) is 10.3 Å². The molecule has 2 aromatic carbocycles. The summed E-state index contributed by atoms with van der Waals surface area (Å²) in [5.74, 6) is -1.16. The van der Waals surface area contributed by atoms with Crippen LogP contribution in [-0.2, 0) is 19.4 Å². The number of amides is 1. The summed E-state index contributed by atoms with van der Waals surface area (Å²) in [5, 5.41) is 3.29. The molecule has 1 saturated heterocycles. The van der Waals surface area contributed by atoms with Gasteiger partial charge in [-0.15, -0.1) is 11.3 Å². The molecule has 1 atom stereocenters. The average Bonchev–Trinajstić information content (AvgIpc) is 3.28. The number of esters is 1. The fraction of sp³-hybridized carbons (Fsp3) is 0.250. The summed E-state index contributed by atoms with van der Waals surface area (Å²) in [5.41, 5.74) is 1.81. The first-order chi connectivity index (χ1) is 13.9. The fourth-order valence-electron chi connectivity index (χ4n) is 3.22. The highest BCUT2D eigenvalue weighted by atomic mass is 32.2. The quantitative estimate of drug-likeness (QED) is 0.624. The van der Waals surface area contributed by atoms with Crippen LogP contribution in [0.1, 0.15) is 16.8 Å². The Morgan fingerprint density at radius 3 is 2.66 bits per heavy atom. The monoisotopic (exact) mass is 430 g/mol. The van der Waals surface area contributed by atoms with E-state index in [9.17, 15) is 18.0 Å². The highest BCUT2D eigenvalue weighted by Crippen LogP contribution is 2.32. The van der Waals surface area contributed by atoms with E-state index in [1.165, 1.54) is 11.3 Å². The fourth-order valence-corrected chi connectivity index (χ4v) is 5.90. The van der Waals surface area contributed by atoms with E-state index in [1.54, 1.807) is 18.2 Å². The molecule has 2 heterocycles. The minimum absolute atomic E-state index is 0.0628. The summed E-state index contributed by atoms with van der Waals surface area (Å²) >= 11 is 1.47. The molecule has 1 aromatic heterocycles. The number of para-hydroxylation sites is 1. The van der Waals surface area contributed by atoms with Gasteiger partial charge in [0.2, 0.25) is 0 Å². The van der Waals surface area contributed by atoms with Gasteiger partial charge in [0.1, 0.15) is 5.01 Å². The van der Waals surface area contributed by atoms with Crippen molar-refractivity contribution in [1.82, 2.24) is 10.3 Å². The first-order valence-electron chi connectivity index (χ1n) is 9.03. The SMILES string of the molecule is O=C(COC(=O)c1ccccc1-c1nc2ccccc2s1)N[C@H]1CCS(=O)(=O)C1. The minimum atomic E-state index is -3.09. The molecule has 0 radical (unpaired) electrons. The Kier molecular flexibility index (Phi) is 5.33. The number of rotatable bonds is 5. The van der Waals surface area contributed by atoms with Crippen LogP contribution >= 0.6 is 11.3 Å². The molecule has 0 aliphatic carbocycles. The number of aromatic nitrogens is 1. The molecule has 1 N–H and O–H groups in total. The zero-order valence-corrected chi connectivity index (χ0v) is 17.0. The Morgan fingerprint density at radius 2 is 1.90 bits per heavy atom. The highest BCUT2D eigenvalue weighted by Gasteiger charge is 2.29. The van der Waals surface area contributed by atoms with E-state index < -0.39 is 34.4 Å². The molecule has 7 nitrogen and oxygen atoms in total. The lowest BCUT2D eigenvalue weighted by Crippen LogP contribution is -2.38. The van der Waals surface area contributed by atoms with Crippen molar-refractivity contribution in [2.45, 2.75) is 12.5 Å². The number of hydrogen-bond donors (Lipinski definition) is 1. The van der Waals surface area contributed by atoms with Gasteiger partial charge in [-0.2, -0.15) is 0 Å². The zero-order chi connectivity index (χ0) is 20.4. The third-order valence-electron chi connectivity index (χ3n) is 4.60. The Morgan fingerprint density at radius 1 is 1.14 bits per heavy atom. The van der Waals surface area contributed by atoms with Gasteiger partial charge in [0.05, 0.1) is 27.3 Å². The van der Waals surface area contributed by atoms with Gasteiger partial charge < -0.3 is 10.1 Å². The van der Waals surface area contributed by atoms with E-state index in [4.69, 9.17) is 4.74 Å². The number of sulfone groups is 1. The number of nitrogens with one attached hydrogen (secondary N) is 1. The molecule has 1 fully saturated rings. The van der Waals surface area contributed by atoms with Crippen LogP contribution in [0.5, 0.6) is 0 Å². The molecule has 1 amide bonds. The van der Waals surface area contributed by atoms with Crippen molar-refractivity contribution in [3.05, 3.63) is 54.1 Å². The van der Waals surface area contributed by atoms with E-state index in [1.807, 2.05) is 30.3 Å². The third-order valence-corrected chi connectivity index (χ3v) is 7.44. The number of carbonyl (C=O) groups is 2. The first kappa shape index (κ1) is 19.5. The van der Waals surface area contributed by atoms with Crippen molar-refractivity contribution in [1.29, 1.82) is 0 Å². The van der Waals surface area contributed by atoms with Crippen molar-refractivity contribution in [3.8, 4) is 10.6 Å². The number of nitrogens with zero attached hydrogens (tertiary/aromatic N) is 1. The standard InChI is InChI=1S/C20H18N2O5S2/c23-18(21-13-9-10-29(25,26)12-13)11-27-20(24)15-6-2-1-5-14(15)19-22-16-7-3-4-8-17(16)28-19/h1-8,13H,9-12H2,(H,21,23)/t13-/m0/s1. The molecule has 0 bridgehead atoms. The van der Waals surface area contributed by atoms with Gasteiger partial charge in [-0.05, 0) is 24.6 Å². The van der Waals surface area contributed by atoms with Crippen LogP contribution in [-0.4, -0.2) is 49.4 Å². The predicted octanol–water partition coefficient (Wildman–Crippen LogP) is 2.42. The Labute approximate surface area is 171 Å². The lowest BCUT2D eigenvalue weighted by Gasteiger charge is -2.11. The second-order valence-electron chi connectivity index (χ2n) is 6.78. The van der Waals surface area contributed by atoms with Crippen molar-refractivity contribution >= 4 is 43.3 Å². The maximum Gasteiger partial charge on any atom is 0.339 e. The predicted molar refractivity (Wildman–Crippen MR) is 111 cm³/mol.